The fourth-order valence-electron chi connectivity index (χ4n) is 1.50. The summed E-state index contributed by atoms with van der Waals surface area (Å²) >= 11 is 1.65. The molecule has 1 rings (SSSR count). The van der Waals surface area contributed by atoms with Gasteiger partial charge in [0.05, 0.1) is 0 Å². The molecule has 0 aliphatic carbocycles. The van der Waals surface area contributed by atoms with Gasteiger partial charge in [0.15, 0.2) is 5.16 Å². The van der Waals surface area contributed by atoms with Crippen molar-refractivity contribution in [1.82, 2.24) is 15.0 Å². The normalized spacial score (nSPS) is 10.4. The molecule has 0 aromatic carbocycles. The highest BCUT2D eigenvalue weighted by Gasteiger charge is 2.10. The Morgan fingerprint density at radius 3 is 2.33 bits per heavy atom. The van der Waals surface area contributed by atoms with Crippen LogP contribution in [0.2, 0.25) is 0 Å². The van der Waals surface area contributed by atoms with Gasteiger partial charge in [0.1, 0.15) is 0 Å². The summed E-state index contributed by atoms with van der Waals surface area (Å²) < 4.78 is 0. The Morgan fingerprint density at radius 1 is 1.06 bits per heavy atom. The van der Waals surface area contributed by atoms with Crippen LogP contribution < -0.4 is 10.2 Å². The first-order chi connectivity index (χ1) is 8.74. The van der Waals surface area contributed by atoms with Crippen LogP contribution >= 0.6 is 11.8 Å². The molecule has 0 unspecified atom stereocenters. The van der Waals surface area contributed by atoms with Crippen LogP contribution in [0, 0.1) is 0 Å². The van der Waals surface area contributed by atoms with Crippen molar-refractivity contribution in [1.29, 1.82) is 0 Å². The lowest BCUT2D eigenvalue weighted by Gasteiger charge is -2.19. The SMILES string of the molecule is CCCNc1nc(SCC)nc(N(CC)CC)n1. The van der Waals surface area contributed by atoms with Gasteiger partial charge in [-0.25, -0.2) is 0 Å². The van der Waals surface area contributed by atoms with E-state index >= 15 is 0 Å². The summed E-state index contributed by atoms with van der Waals surface area (Å²) in [5, 5.41) is 4.03. The maximum absolute atomic E-state index is 4.50. The second kappa shape index (κ2) is 8.13. The maximum Gasteiger partial charge on any atom is 0.231 e. The van der Waals surface area contributed by atoms with Crippen LogP contribution in [-0.4, -0.2) is 40.3 Å². The van der Waals surface area contributed by atoms with Gasteiger partial charge >= 0.3 is 0 Å². The van der Waals surface area contributed by atoms with Crippen molar-refractivity contribution < 1.29 is 0 Å². The van der Waals surface area contributed by atoms with Gasteiger partial charge in [0.25, 0.3) is 0 Å². The number of nitrogens with one attached hydrogen (secondary N) is 1. The molecule has 0 atom stereocenters. The fraction of sp³-hybridized carbons (Fsp3) is 0.750. The van der Waals surface area contributed by atoms with Crippen LogP contribution in [0.3, 0.4) is 0 Å². The monoisotopic (exact) mass is 269 g/mol. The van der Waals surface area contributed by atoms with Crippen LogP contribution in [-0.2, 0) is 0 Å². The van der Waals surface area contributed by atoms with E-state index in [2.05, 4.69) is 52.9 Å². The zero-order valence-corrected chi connectivity index (χ0v) is 12.5. The van der Waals surface area contributed by atoms with Crippen LogP contribution in [0.15, 0.2) is 5.16 Å². The van der Waals surface area contributed by atoms with Gasteiger partial charge < -0.3 is 10.2 Å². The van der Waals surface area contributed by atoms with Gasteiger partial charge in [-0.1, -0.05) is 25.6 Å². The molecule has 5 nitrogen and oxygen atoms in total. The number of thioether (sulfide) groups is 1. The molecule has 0 saturated heterocycles. The minimum absolute atomic E-state index is 0.685. The molecule has 1 N–H and O–H groups in total. The van der Waals surface area contributed by atoms with Gasteiger partial charge in [-0.05, 0) is 26.0 Å². The summed E-state index contributed by atoms with van der Waals surface area (Å²) in [7, 11) is 0. The molecule has 0 amide bonds. The van der Waals surface area contributed by atoms with E-state index < -0.39 is 0 Å². The molecule has 0 spiro atoms. The molecule has 18 heavy (non-hydrogen) atoms. The van der Waals surface area contributed by atoms with E-state index in [0.717, 1.165) is 42.9 Å². The van der Waals surface area contributed by atoms with E-state index in [-0.39, 0.29) is 0 Å². The maximum atomic E-state index is 4.50. The van der Waals surface area contributed by atoms with Crippen molar-refractivity contribution in [3.05, 3.63) is 0 Å². The third kappa shape index (κ3) is 4.33. The molecular formula is C12H23N5S. The average Bonchev–Trinajstić information content (AvgIpc) is 2.38. The third-order valence-corrected chi connectivity index (χ3v) is 3.19. The van der Waals surface area contributed by atoms with Gasteiger partial charge in [-0.2, -0.15) is 15.0 Å². The standard InChI is InChI=1S/C12H23N5S/c1-5-9-13-10-14-11(17(6-2)7-3)16-12(15-10)18-8-4/h5-9H2,1-4H3,(H,13,14,15,16). The van der Waals surface area contributed by atoms with E-state index in [1.54, 1.807) is 11.8 Å². The highest BCUT2D eigenvalue weighted by atomic mass is 32.2. The second-order valence-electron chi connectivity index (χ2n) is 3.77. The molecule has 1 heterocycles. The highest BCUT2D eigenvalue weighted by molar-refractivity contribution is 7.99. The summed E-state index contributed by atoms with van der Waals surface area (Å²) in [5.74, 6) is 2.42. The van der Waals surface area contributed by atoms with Crippen LogP contribution in [0.1, 0.15) is 34.1 Å². The van der Waals surface area contributed by atoms with E-state index in [9.17, 15) is 0 Å². The van der Waals surface area contributed by atoms with Gasteiger partial charge in [0.2, 0.25) is 11.9 Å². The molecule has 0 fully saturated rings. The minimum atomic E-state index is 0.685. The van der Waals surface area contributed by atoms with Crippen molar-refractivity contribution in [3.63, 3.8) is 0 Å². The lowest BCUT2D eigenvalue weighted by Crippen LogP contribution is -2.25. The Kier molecular flexibility index (Phi) is 6.78. The van der Waals surface area contributed by atoms with E-state index in [4.69, 9.17) is 0 Å². The van der Waals surface area contributed by atoms with Crippen LogP contribution in [0.25, 0.3) is 0 Å². The Balaban J connectivity index is 2.96. The number of nitrogens with zero attached hydrogens (tertiary/aromatic N) is 4. The lowest BCUT2D eigenvalue weighted by atomic mass is 10.5. The number of aromatic nitrogens is 3. The van der Waals surface area contributed by atoms with Crippen molar-refractivity contribution in [2.75, 3.05) is 35.6 Å². The van der Waals surface area contributed by atoms with Crippen molar-refractivity contribution in [2.24, 2.45) is 0 Å². The first-order valence-electron chi connectivity index (χ1n) is 6.62. The Morgan fingerprint density at radius 2 is 1.78 bits per heavy atom. The predicted molar refractivity (Wildman–Crippen MR) is 78.6 cm³/mol. The van der Waals surface area contributed by atoms with Gasteiger partial charge in [-0.15, -0.1) is 0 Å². The van der Waals surface area contributed by atoms with Gasteiger partial charge in [0, 0.05) is 19.6 Å². The summed E-state index contributed by atoms with van der Waals surface area (Å²) in [4.78, 5) is 15.5. The Hall–Kier alpha value is -1.04. The third-order valence-electron chi connectivity index (χ3n) is 2.46. The lowest BCUT2D eigenvalue weighted by molar-refractivity contribution is 0.780. The summed E-state index contributed by atoms with van der Waals surface area (Å²) in [6, 6.07) is 0. The first kappa shape index (κ1) is 15.0. The van der Waals surface area contributed by atoms with Crippen molar-refractivity contribution >= 4 is 23.7 Å². The highest BCUT2D eigenvalue weighted by Crippen LogP contribution is 2.18. The van der Waals surface area contributed by atoms with E-state index in [1.807, 2.05) is 0 Å². The molecule has 102 valence electrons. The minimum Gasteiger partial charge on any atom is -0.354 e. The molecule has 0 radical (unpaired) electrons. The average molecular weight is 269 g/mol. The molecule has 0 bridgehead atoms. The number of hydrogen-bond donors (Lipinski definition) is 1. The molecule has 6 heteroatoms. The molecule has 1 aromatic rings. The van der Waals surface area contributed by atoms with Gasteiger partial charge in [-0.3, -0.25) is 0 Å². The fourth-order valence-corrected chi connectivity index (χ4v) is 2.06. The topological polar surface area (TPSA) is 53.9 Å². The molecule has 0 aliphatic heterocycles. The van der Waals surface area contributed by atoms with Crippen molar-refractivity contribution in [2.45, 2.75) is 39.3 Å². The van der Waals surface area contributed by atoms with Crippen molar-refractivity contribution in [3.8, 4) is 0 Å². The molecule has 1 aromatic heterocycles. The van der Waals surface area contributed by atoms with E-state index in [1.165, 1.54) is 0 Å². The molecule has 0 saturated carbocycles. The zero-order valence-electron chi connectivity index (χ0n) is 11.7. The number of anilines is 2. The molecular weight excluding hydrogens is 246 g/mol. The predicted octanol–water partition coefficient (Wildman–Crippen LogP) is 2.65. The Labute approximate surface area is 114 Å². The largest absolute Gasteiger partial charge is 0.354 e. The first-order valence-corrected chi connectivity index (χ1v) is 7.61. The zero-order chi connectivity index (χ0) is 13.4. The molecule has 0 aliphatic rings. The number of rotatable bonds is 8. The summed E-state index contributed by atoms with van der Waals surface area (Å²) in [6.45, 7) is 11.1. The Bertz CT molecular complexity index is 354. The number of hydrogen-bond acceptors (Lipinski definition) is 6. The summed E-state index contributed by atoms with van der Waals surface area (Å²) in [5.41, 5.74) is 0. The smallest absolute Gasteiger partial charge is 0.231 e. The van der Waals surface area contributed by atoms with E-state index in [0.29, 0.717) is 5.95 Å². The van der Waals surface area contributed by atoms with Crippen LogP contribution in [0.5, 0.6) is 0 Å². The summed E-state index contributed by atoms with van der Waals surface area (Å²) in [6.07, 6.45) is 1.06. The van der Waals surface area contributed by atoms with Crippen LogP contribution in [0.4, 0.5) is 11.9 Å². The second-order valence-corrected chi connectivity index (χ2v) is 5.00. The quantitative estimate of drug-likeness (QED) is 0.732.